The summed E-state index contributed by atoms with van der Waals surface area (Å²) in [4.78, 5) is 13.4. The number of aromatic nitrogens is 3. The van der Waals surface area contributed by atoms with E-state index in [1.54, 1.807) is 30.8 Å². The Morgan fingerprint density at radius 2 is 2.05 bits per heavy atom. The molecule has 0 unspecified atom stereocenters. The SMILES string of the molecule is C=N/C(=C\C=C(/C)[C@H](C)N(C)c1ccc(-c2cc(OCC(C)(C)O)cn3ncc(C#N)c23)cn1)N1CCCC1. The van der Waals surface area contributed by atoms with Crippen LogP contribution < -0.4 is 9.64 Å². The molecule has 0 amide bonds. The third kappa shape index (κ3) is 6.47. The first-order valence-electron chi connectivity index (χ1n) is 13.2. The van der Waals surface area contributed by atoms with E-state index < -0.39 is 5.60 Å². The molecule has 0 aliphatic carbocycles. The van der Waals surface area contributed by atoms with Crippen molar-refractivity contribution in [2.24, 2.45) is 4.99 Å². The molecule has 0 radical (unpaired) electrons. The molecule has 0 aromatic carbocycles. The van der Waals surface area contributed by atoms with Crippen LogP contribution in [0.1, 0.15) is 46.1 Å². The number of anilines is 1. The summed E-state index contributed by atoms with van der Waals surface area (Å²) >= 11 is 0. The van der Waals surface area contributed by atoms with Crippen molar-refractivity contribution >= 4 is 18.1 Å². The van der Waals surface area contributed by atoms with Gasteiger partial charge in [0.05, 0.1) is 29.1 Å². The fraction of sp³-hybridized carbons (Fsp3) is 0.400. The molecule has 9 nitrogen and oxygen atoms in total. The van der Waals surface area contributed by atoms with Gasteiger partial charge in [0.15, 0.2) is 0 Å². The van der Waals surface area contributed by atoms with Crippen molar-refractivity contribution in [3.8, 4) is 22.9 Å². The molecule has 4 rings (SSSR count). The van der Waals surface area contributed by atoms with E-state index in [1.807, 2.05) is 31.3 Å². The van der Waals surface area contributed by atoms with Gasteiger partial charge in [-0.2, -0.15) is 10.4 Å². The second-order valence-corrected chi connectivity index (χ2v) is 10.6. The number of pyridine rings is 2. The quantitative estimate of drug-likeness (QED) is 0.298. The minimum Gasteiger partial charge on any atom is -0.489 e. The molecule has 4 heterocycles. The van der Waals surface area contributed by atoms with Gasteiger partial charge in [-0.1, -0.05) is 11.6 Å². The Morgan fingerprint density at radius 3 is 2.67 bits per heavy atom. The molecular weight excluding hydrogens is 490 g/mol. The van der Waals surface area contributed by atoms with Gasteiger partial charge in [0.25, 0.3) is 0 Å². The molecule has 39 heavy (non-hydrogen) atoms. The Labute approximate surface area is 230 Å². The third-order valence-corrected chi connectivity index (χ3v) is 7.05. The average molecular weight is 528 g/mol. The Kier molecular flexibility index (Phi) is 8.36. The summed E-state index contributed by atoms with van der Waals surface area (Å²) in [6.07, 6.45) is 11.6. The maximum Gasteiger partial charge on any atom is 0.138 e. The van der Waals surface area contributed by atoms with Gasteiger partial charge >= 0.3 is 0 Å². The average Bonchev–Trinajstić information content (AvgIpc) is 3.61. The predicted octanol–water partition coefficient (Wildman–Crippen LogP) is 4.83. The van der Waals surface area contributed by atoms with Crippen LogP contribution in [0.3, 0.4) is 0 Å². The Bertz CT molecular complexity index is 1420. The molecule has 1 saturated heterocycles. The van der Waals surface area contributed by atoms with Gasteiger partial charge in [-0.25, -0.2) is 14.5 Å². The fourth-order valence-electron chi connectivity index (χ4n) is 4.55. The normalized spacial score (nSPS) is 15.4. The number of rotatable bonds is 10. The maximum absolute atomic E-state index is 10.1. The van der Waals surface area contributed by atoms with Crippen LogP contribution in [-0.4, -0.2) is 69.7 Å². The predicted molar refractivity (Wildman–Crippen MR) is 155 cm³/mol. The molecule has 1 aliphatic rings. The monoisotopic (exact) mass is 527 g/mol. The number of hydrogen-bond acceptors (Lipinski definition) is 8. The number of hydrogen-bond donors (Lipinski definition) is 1. The van der Waals surface area contributed by atoms with Gasteiger partial charge in [-0.15, -0.1) is 0 Å². The minimum atomic E-state index is -0.984. The summed E-state index contributed by atoms with van der Waals surface area (Å²) in [6, 6.07) is 8.14. The Balaban J connectivity index is 1.58. The molecule has 1 N–H and O–H groups in total. The van der Waals surface area contributed by atoms with E-state index in [4.69, 9.17) is 9.72 Å². The molecule has 3 aromatic rings. The number of aliphatic hydroxyl groups is 1. The summed E-state index contributed by atoms with van der Waals surface area (Å²) in [5.74, 6) is 2.28. The van der Waals surface area contributed by atoms with E-state index in [-0.39, 0.29) is 12.6 Å². The summed E-state index contributed by atoms with van der Waals surface area (Å²) in [6.45, 7) is 13.5. The van der Waals surface area contributed by atoms with Crippen LogP contribution in [0.2, 0.25) is 0 Å². The Morgan fingerprint density at radius 1 is 1.31 bits per heavy atom. The molecular formula is C30H37N7O2. The first-order valence-corrected chi connectivity index (χ1v) is 13.2. The van der Waals surface area contributed by atoms with Crippen LogP contribution in [0.5, 0.6) is 5.75 Å². The van der Waals surface area contributed by atoms with Gasteiger partial charge in [0, 0.05) is 43.5 Å². The van der Waals surface area contributed by atoms with Crippen molar-refractivity contribution in [1.82, 2.24) is 19.5 Å². The highest BCUT2D eigenvalue weighted by atomic mass is 16.5. The van der Waals surface area contributed by atoms with Crippen molar-refractivity contribution in [2.75, 3.05) is 31.6 Å². The second-order valence-electron chi connectivity index (χ2n) is 10.6. The van der Waals surface area contributed by atoms with E-state index in [1.165, 1.54) is 24.6 Å². The maximum atomic E-state index is 10.1. The number of likely N-dealkylation sites (tertiary alicyclic amines) is 1. The largest absolute Gasteiger partial charge is 0.489 e. The number of nitriles is 1. The van der Waals surface area contributed by atoms with Crippen LogP contribution in [0.4, 0.5) is 5.82 Å². The number of likely N-dealkylation sites (N-methyl/N-ethyl adjacent to an activating group) is 1. The zero-order chi connectivity index (χ0) is 28.2. The smallest absolute Gasteiger partial charge is 0.138 e. The lowest BCUT2D eigenvalue weighted by Gasteiger charge is -2.27. The van der Waals surface area contributed by atoms with Crippen LogP contribution in [-0.2, 0) is 0 Å². The van der Waals surface area contributed by atoms with Gasteiger partial charge in [-0.3, -0.25) is 0 Å². The van der Waals surface area contributed by atoms with Gasteiger partial charge in [0.1, 0.15) is 30.1 Å². The highest BCUT2D eigenvalue weighted by Gasteiger charge is 2.19. The number of allylic oxidation sites excluding steroid dienone is 2. The number of fused-ring (bicyclic) bond motifs is 1. The van der Waals surface area contributed by atoms with Gasteiger partial charge < -0.3 is 19.6 Å². The molecule has 1 atom stereocenters. The number of aliphatic imine (C=N–C) groups is 1. The number of ether oxygens (including phenoxy) is 1. The molecule has 1 fully saturated rings. The summed E-state index contributed by atoms with van der Waals surface area (Å²) < 4.78 is 7.47. The summed E-state index contributed by atoms with van der Waals surface area (Å²) in [5, 5.41) is 24.1. The van der Waals surface area contributed by atoms with E-state index in [0.717, 1.165) is 35.9 Å². The van der Waals surface area contributed by atoms with Crippen LogP contribution >= 0.6 is 0 Å². The van der Waals surface area contributed by atoms with Gasteiger partial charge in [-0.05, 0) is 71.5 Å². The molecule has 9 heteroatoms. The van der Waals surface area contributed by atoms with Crippen molar-refractivity contribution < 1.29 is 9.84 Å². The van der Waals surface area contributed by atoms with E-state index in [2.05, 4.69) is 52.6 Å². The van der Waals surface area contributed by atoms with Crippen molar-refractivity contribution in [3.63, 3.8) is 0 Å². The van der Waals surface area contributed by atoms with Crippen LogP contribution in [0.15, 0.2) is 65.3 Å². The molecule has 0 saturated carbocycles. The lowest BCUT2D eigenvalue weighted by molar-refractivity contribution is 0.0283. The van der Waals surface area contributed by atoms with Gasteiger partial charge in [0.2, 0.25) is 0 Å². The fourth-order valence-corrected chi connectivity index (χ4v) is 4.55. The van der Waals surface area contributed by atoms with Crippen LogP contribution in [0.25, 0.3) is 16.6 Å². The number of nitrogens with zero attached hydrogens (tertiary/aromatic N) is 7. The van der Waals surface area contributed by atoms with Crippen LogP contribution in [0, 0.1) is 11.3 Å². The lowest BCUT2D eigenvalue weighted by atomic mass is 10.0. The third-order valence-electron chi connectivity index (χ3n) is 7.05. The zero-order valence-corrected chi connectivity index (χ0v) is 23.4. The standard InChI is InChI=1S/C30H37N7O2/c1-21(9-11-27(32-5)36-13-7-8-14-36)22(2)35(6)28-12-10-23(17-33-28)26-15-25(39-20-30(3,4)38)19-37-29(26)24(16-31)18-34-37/h9-12,15,17-19,22,38H,5,7-8,13-14,20H2,1-4,6H3/b21-9+,27-11+/t22-/m0/s1. The second kappa shape index (κ2) is 11.7. The molecule has 3 aromatic heterocycles. The summed E-state index contributed by atoms with van der Waals surface area (Å²) in [7, 11) is 2.02. The molecule has 204 valence electrons. The molecule has 0 bridgehead atoms. The van der Waals surface area contributed by atoms with E-state index in [9.17, 15) is 10.4 Å². The first kappa shape index (κ1) is 27.9. The zero-order valence-electron chi connectivity index (χ0n) is 23.4. The summed E-state index contributed by atoms with van der Waals surface area (Å²) in [5.41, 5.74) is 2.95. The first-order chi connectivity index (χ1) is 18.6. The topological polar surface area (TPSA) is 102 Å². The highest BCUT2D eigenvalue weighted by molar-refractivity contribution is 5.85. The molecule has 1 aliphatic heterocycles. The van der Waals surface area contributed by atoms with E-state index in [0.29, 0.717) is 16.8 Å². The molecule has 0 spiro atoms. The van der Waals surface area contributed by atoms with Crippen molar-refractivity contribution in [1.29, 1.82) is 5.26 Å². The lowest BCUT2D eigenvalue weighted by Crippen LogP contribution is -2.30. The van der Waals surface area contributed by atoms with E-state index >= 15 is 0 Å². The highest BCUT2D eigenvalue weighted by Crippen LogP contribution is 2.32. The van der Waals surface area contributed by atoms with Crippen molar-refractivity contribution in [3.05, 3.63) is 65.9 Å². The Hall–Kier alpha value is -4.16. The van der Waals surface area contributed by atoms with Crippen molar-refractivity contribution in [2.45, 2.75) is 52.2 Å². The minimum absolute atomic E-state index is 0.106.